The highest BCUT2D eigenvalue weighted by Crippen LogP contribution is 2.23. The number of rotatable bonds is 7. The van der Waals surface area contributed by atoms with E-state index in [1.807, 2.05) is 56.3 Å². The second-order valence-electron chi connectivity index (χ2n) is 6.46. The number of carbonyl (C=O) groups is 2. The molecule has 0 aliphatic heterocycles. The molecule has 1 aromatic heterocycles. The van der Waals surface area contributed by atoms with Gasteiger partial charge in [-0.3, -0.25) is 4.79 Å². The summed E-state index contributed by atoms with van der Waals surface area (Å²) in [7, 11) is 5.68. The van der Waals surface area contributed by atoms with Gasteiger partial charge in [-0.2, -0.15) is 0 Å². The van der Waals surface area contributed by atoms with Crippen LogP contribution in [0.3, 0.4) is 0 Å². The van der Waals surface area contributed by atoms with Crippen LogP contribution in [0.5, 0.6) is 0 Å². The number of thiophene rings is 1. The molecule has 1 amide bonds. The van der Waals surface area contributed by atoms with E-state index in [-0.39, 0.29) is 12.5 Å². The van der Waals surface area contributed by atoms with E-state index >= 15 is 0 Å². The zero-order chi connectivity index (χ0) is 19.3. The van der Waals surface area contributed by atoms with E-state index in [4.69, 9.17) is 4.74 Å². The first-order valence-corrected chi connectivity index (χ1v) is 9.40. The van der Waals surface area contributed by atoms with Crippen LogP contribution in [0.15, 0.2) is 30.3 Å². The van der Waals surface area contributed by atoms with Gasteiger partial charge in [0, 0.05) is 38.3 Å². The minimum atomic E-state index is -0.435. The fraction of sp³-hybridized carbons (Fsp3) is 0.400. The summed E-state index contributed by atoms with van der Waals surface area (Å²) in [5.74, 6) is -0.658. The van der Waals surface area contributed by atoms with Crippen LogP contribution < -0.4 is 4.90 Å². The van der Waals surface area contributed by atoms with E-state index in [2.05, 4.69) is 6.92 Å². The third-order valence-electron chi connectivity index (χ3n) is 4.17. The molecule has 0 aliphatic carbocycles. The highest BCUT2D eigenvalue weighted by Gasteiger charge is 2.16. The Kier molecular flexibility index (Phi) is 6.80. The van der Waals surface area contributed by atoms with Crippen molar-refractivity contribution >= 4 is 28.9 Å². The lowest BCUT2D eigenvalue weighted by molar-refractivity contribution is -0.133. The molecule has 0 N–H and O–H groups in total. The number of benzene rings is 1. The van der Waals surface area contributed by atoms with Crippen molar-refractivity contribution in [3.63, 3.8) is 0 Å². The quantitative estimate of drug-likeness (QED) is 0.696. The monoisotopic (exact) mass is 374 g/mol. The Bertz CT molecular complexity index is 766. The van der Waals surface area contributed by atoms with Gasteiger partial charge < -0.3 is 14.5 Å². The fourth-order valence-electron chi connectivity index (χ4n) is 2.54. The lowest BCUT2D eigenvalue weighted by Gasteiger charge is -2.18. The van der Waals surface area contributed by atoms with Crippen LogP contribution in [-0.4, -0.2) is 44.5 Å². The molecule has 0 saturated carbocycles. The van der Waals surface area contributed by atoms with Crippen LogP contribution in [0.2, 0.25) is 0 Å². The number of likely N-dealkylation sites (N-methyl/N-ethyl adjacent to an activating group) is 1. The molecule has 26 heavy (non-hydrogen) atoms. The average molecular weight is 375 g/mol. The van der Waals surface area contributed by atoms with Crippen LogP contribution in [0.4, 0.5) is 5.69 Å². The summed E-state index contributed by atoms with van der Waals surface area (Å²) in [5.41, 5.74) is 3.22. The van der Waals surface area contributed by atoms with Gasteiger partial charge in [-0.25, -0.2) is 4.79 Å². The number of aryl methyl sites for hydroxylation is 2. The van der Waals surface area contributed by atoms with E-state index in [0.29, 0.717) is 11.4 Å². The SMILES string of the molecule is CCc1sc(C(=O)OCC(=O)N(C)Cc2ccc(N(C)C)cc2)cc1C. The third kappa shape index (κ3) is 5.08. The molecular weight excluding hydrogens is 348 g/mol. The van der Waals surface area contributed by atoms with Gasteiger partial charge in [0.2, 0.25) is 0 Å². The number of amides is 1. The van der Waals surface area contributed by atoms with Crippen molar-refractivity contribution in [2.45, 2.75) is 26.8 Å². The van der Waals surface area contributed by atoms with Crippen molar-refractivity contribution in [1.29, 1.82) is 0 Å². The van der Waals surface area contributed by atoms with Crippen molar-refractivity contribution < 1.29 is 14.3 Å². The predicted octanol–water partition coefficient (Wildman–Crippen LogP) is 3.50. The van der Waals surface area contributed by atoms with Gasteiger partial charge in [0.15, 0.2) is 6.61 Å². The molecule has 2 rings (SSSR count). The minimum absolute atomic E-state index is 0.223. The molecule has 0 bridgehead atoms. The highest BCUT2D eigenvalue weighted by atomic mass is 32.1. The van der Waals surface area contributed by atoms with Gasteiger partial charge in [0.05, 0.1) is 0 Å². The largest absolute Gasteiger partial charge is 0.451 e. The molecule has 0 fully saturated rings. The molecule has 0 atom stereocenters. The molecular formula is C20H26N2O3S. The lowest BCUT2D eigenvalue weighted by Crippen LogP contribution is -2.30. The Morgan fingerprint density at radius 3 is 2.31 bits per heavy atom. The third-order valence-corrected chi connectivity index (χ3v) is 5.53. The standard InChI is InChI=1S/C20H26N2O3S/c1-6-17-14(2)11-18(26-17)20(24)25-13-19(23)22(5)12-15-7-9-16(10-8-15)21(3)4/h7-11H,6,12-13H2,1-5H3. The van der Waals surface area contributed by atoms with Crippen molar-refractivity contribution in [3.05, 3.63) is 51.2 Å². The van der Waals surface area contributed by atoms with Crippen LogP contribution >= 0.6 is 11.3 Å². The Hall–Kier alpha value is -2.34. The van der Waals surface area contributed by atoms with E-state index in [0.717, 1.165) is 23.2 Å². The molecule has 1 heterocycles. The Balaban J connectivity index is 1.87. The molecule has 0 spiro atoms. The number of hydrogen-bond acceptors (Lipinski definition) is 5. The number of anilines is 1. The summed E-state index contributed by atoms with van der Waals surface area (Å²) in [6.07, 6.45) is 0.887. The smallest absolute Gasteiger partial charge is 0.348 e. The number of nitrogens with zero attached hydrogens (tertiary/aromatic N) is 2. The summed E-state index contributed by atoms with van der Waals surface area (Å²) in [4.78, 5) is 29.7. The van der Waals surface area contributed by atoms with E-state index < -0.39 is 5.97 Å². The first-order valence-electron chi connectivity index (χ1n) is 8.58. The van der Waals surface area contributed by atoms with Crippen molar-refractivity contribution in [1.82, 2.24) is 4.90 Å². The zero-order valence-electron chi connectivity index (χ0n) is 16.0. The number of esters is 1. The molecule has 0 aliphatic rings. The lowest BCUT2D eigenvalue weighted by atomic mass is 10.2. The maximum absolute atomic E-state index is 12.2. The van der Waals surface area contributed by atoms with Gasteiger partial charge in [-0.1, -0.05) is 19.1 Å². The van der Waals surface area contributed by atoms with Crippen LogP contribution in [-0.2, 0) is 22.5 Å². The van der Waals surface area contributed by atoms with Crippen molar-refractivity contribution in [2.75, 3.05) is 32.6 Å². The molecule has 0 radical (unpaired) electrons. The van der Waals surface area contributed by atoms with Crippen LogP contribution in [0.1, 0.15) is 32.6 Å². The van der Waals surface area contributed by atoms with Crippen LogP contribution in [0.25, 0.3) is 0 Å². The summed E-state index contributed by atoms with van der Waals surface area (Å²) in [6, 6.07) is 9.83. The van der Waals surface area contributed by atoms with Gasteiger partial charge in [0.25, 0.3) is 5.91 Å². The summed E-state index contributed by atoms with van der Waals surface area (Å²) < 4.78 is 5.19. The number of hydrogen-bond donors (Lipinski definition) is 0. The Labute approximate surface area is 159 Å². The summed E-state index contributed by atoms with van der Waals surface area (Å²) in [6.45, 7) is 4.26. The fourth-order valence-corrected chi connectivity index (χ4v) is 3.55. The maximum atomic E-state index is 12.2. The molecule has 0 unspecified atom stereocenters. The van der Waals surface area contributed by atoms with E-state index in [1.165, 1.54) is 16.2 Å². The highest BCUT2D eigenvalue weighted by molar-refractivity contribution is 7.14. The van der Waals surface area contributed by atoms with E-state index in [9.17, 15) is 9.59 Å². The van der Waals surface area contributed by atoms with Gasteiger partial charge in [-0.05, 0) is 42.7 Å². The number of ether oxygens (including phenoxy) is 1. The van der Waals surface area contributed by atoms with Crippen LogP contribution in [0, 0.1) is 6.92 Å². The van der Waals surface area contributed by atoms with Crippen molar-refractivity contribution in [2.24, 2.45) is 0 Å². The first kappa shape index (κ1) is 20.0. The number of carbonyl (C=O) groups excluding carboxylic acids is 2. The Morgan fingerprint density at radius 1 is 1.12 bits per heavy atom. The summed E-state index contributed by atoms with van der Waals surface area (Å²) in [5, 5.41) is 0. The second-order valence-corrected chi connectivity index (χ2v) is 7.59. The van der Waals surface area contributed by atoms with Gasteiger partial charge >= 0.3 is 5.97 Å². The maximum Gasteiger partial charge on any atom is 0.348 e. The summed E-state index contributed by atoms with van der Waals surface area (Å²) >= 11 is 1.43. The molecule has 1 aromatic carbocycles. The normalized spacial score (nSPS) is 10.5. The van der Waals surface area contributed by atoms with Crippen molar-refractivity contribution in [3.8, 4) is 0 Å². The minimum Gasteiger partial charge on any atom is -0.451 e. The second kappa shape index (κ2) is 8.85. The van der Waals surface area contributed by atoms with Gasteiger partial charge in [0.1, 0.15) is 4.88 Å². The molecule has 6 heteroatoms. The molecule has 2 aromatic rings. The molecule has 5 nitrogen and oxygen atoms in total. The van der Waals surface area contributed by atoms with Gasteiger partial charge in [-0.15, -0.1) is 11.3 Å². The predicted molar refractivity (Wildman–Crippen MR) is 106 cm³/mol. The first-order chi connectivity index (χ1) is 12.3. The topological polar surface area (TPSA) is 49.9 Å². The molecule has 0 saturated heterocycles. The molecule has 140 valence electrons. The van der Waals surface area contributed by atoms with E-state index in [1.54, 1.807) is 11.9 Å². The average Bonchev–Trinajstić information content (AvgIpc) is 3.00. The Morgan fingerprint density at radius 2 is 1.77 bits per heavy atom. The zero-order valence-corrected chi connectivity index (χ0v) is 16.9.